The van der Waals surface area contributed by atoms with Crippen LogP contribution in [0.3, 0.4) is 0 Å². The number of carbonyl (C=O) groups excluding carboxylic acids is 1. The van der Waals surface area contributed by atoms with E-state index in [1.807, 2.05) is 19.1 Å². The molecule has 0 spiro atoms. The number of hydrogen-bond acceptors (Lipinski definition) is 4. The fourth-order valence-electron chi connectivity index (χ4n) is 2.28. The van der Waals surface area contributed by atoms with Crippen LogP contribution in [0.1, 0.15) is 32.1 Å². The molecule has 5 nitrogen and oxygen atoms in total. The molecular formula is C17H20F3NO4. The van der Waals surface area contributed by atoms with Crippen LogP contribution in [0.5, 0.6) is 5.75 Å². The highest BCUT2D eigenvalue weighted by Gasteiger charge is 2.27. The molecule has 0 saturated heterocycles. The molecule has 0 aliphatic heterocycles. The second kappa shape index (κ2) is 8.24. The van der Waals surface area contributed by atoms with Crippen LogP contribution >= 0.6 is 0 Å². The largest absolute Gasteiger partial charge is 0.490 e. The third-order valence-corrected chi connectivity index (χ3v) is 3.37. The predicted octanol–water partition coefficient (Wildman–Crippen LogP) is 3.98. The topological polar surface area (TPSA) is 60.7 Å². The number of hydrogen-bond donors (Lipinski definition) is 1. The maximum absolute atomic E-state index is 12.0. The number of amides is 1. The molecule has 1 aromatic heterocycles. The van der Waals surface area contributed by atoms with Crippen LogP contribution in [0.15, 0.2) is 28.7 Å². The zero-order valence-electron chi connectivity index (χ0n) is 14.0. The van der Waals surface area contributed by atoms with Gasteiger partial charge in [-0.1, -0.05) is 12.1 Å². The number of halogens is 3. The molecule has 0 aliphatic carbocycles. The summed E-state index contributed by atoms with van der Waals surface area (Å²) in [5, 5.41) is 3.51. The van der Waals surface area contributed by atoms with Gasteiger partial charge in [0.05, 0.1) is 19.3 Å². The van der Waals surface area contributed by atoms with Gasteiger partial charge in [-0.25, -0.2) is 0 Å². The molecule has 1 aromatic carbocycles. The molecule has 8 heteroatoms. The van der Waals surface area contributed by atoms with Gasteiger partial charge >= 0.3 is 6.18 Å². The van der Waals surface area contributed by atoms with Crippen molar-refractivity contribution in [3.63, 3.8) is 0 Å². The maximum atomic E-state index is 12.0. The minimum Gasteiger partial charge on any atom is -0.490 e. The van der Waals surface area contributed by atoms with E-state index in [9.17, 15) is 18.0 Å². The Kier molecular flexibility index (Phi) is 6.30. The number of rotatable bonds is 8. The Morgan fingerprint density at radius 3 is 2.80 bits per heavy atom. The van der Waals surface area contributed by atoms with Crippen LogP contribution < -0.4 is 10.1 Å². The first-order valence-electron chi connectivity index (χ1n) is 7.89. The molecule has 1 amide bonds. The lowest BCUT2D eigenvalue weighted by atomic mass is 10.2. The van der Waals surface area contributed by atoms with Gasteiger partial charge in [0.1, 0.15) is 12.4 Å². The summed E-state index contributed by atoms with van der Waals surface area (Å²) in [5.41, 5.74) is 0.592. The van der Waals surface area contributed by atoms with Crippen molar-refractivity contribution in [2.24, 2.45) is 0 Å². The lowest BCUT2D eigenvalue weighted by Gasteiger charge is -2.12. The predicted molar refractivity (Wildman–Crippen MR) is 85.4 cm³/mol. The standard InChI is InChI=1S/C17H20F3NO4/c1-3-24-13-6-4-5-12-9-14(25-16(12)13)11(2)21-15(22)7-8-23-10-17(18,19)20/h4-6,9,11H,3,7-8,10H2,1-2H3,(H,21,22). The summed E-state index contributed by atoms with van der Waals surface area (Å²) < 4.78 is 51.5. The molecule has 25 heavy (non-hydrogen) atoms. The van der Waals surface area contributed by atoms with E-state index in [0.717, 1.165) is 5.39 Å². The molecule has 138 valence electrons. The molecule has 1 N–H and O–H groups in total. The molecular weight excluding hydrogens is 339 g/mol. The number of ether oxygens (including phenoxy) is 2. The third-order valence-electron chi connectivity index (χ3n) is 3.37. The molecule has 0 radical (unpaired) electrons. The lowest BCUT2D eigenvalue weighted by molar-refractivity contribution is -0.174. The summed E-state index contributed by atoms with van der Waals surface area (Å²) in [6.45, 7) is 2.44. The molecule has 2 aromatic rings. The number of alkyl halides is 3. The van der Waals surface area contributed by atoms with Crippen LogP contribution in [-0.2, 0) is 9.53 Å². The zero-order valence-corrected chi connectivity index (χ0v) is 14.0. The second-order valence-corrected chi connectivity index (χ2v) is 5.46. The van der Waals surface area contributed by atoms with Crippen molar-refractivity contribution in [2.45, 2.75) is 32.5 Å². The average Bonchev–Trinajstić information content (AvgIpc) is 2.96. The van der Waals surface area contributed by atoms with Gasteiger partial charge in [-0.2, -0.15) is 13.2 Å². The summed E-state index contributed by atoms with van der Waals surface area (Å²) in [6.07, 6.45) is -4.55. The quantitative estimate of drug-likeness (QED) is 0.725. The molecule has 1 heterocycles. The first kappa shape index (κ1) is 19.1. The van der Waals surface area contributed by atoms with Gasteiger partial charge in [0.2, 0.25) is 5.91 Å². The van der Waals surface area contributed by atoms with Crippen molar-refractivity contribution in [3.05, 3.63) is 30.0 Å². The SMILES string of the molecule is CCOc1cccc2cc(C(C)NC(=O)CCOCC(F)(F)F)oc12. The molecule has 0 aliphatic rings. The monoisotopic (exact) mass is 359 g/mol. The number of furan rings is 1. The number of para-hydroxylation sites is 1. The van der Waals surface area contributed by atoms with Crippen molar-refractivity contribution >= 4 is 16.9 Å². The van der Waals surface area contributed by atoms with Gasteiger partial charge in [-0.15, -0.1) is 0 Å². The van der Waals surface area contributed by atoms with Crippen molar-refractivity contribution in [1.29, 1.82) is 0 Å². The van der Waals surface area contributed by atoms with Gasteiger partial charge in [0, 0.05) is 11.8 Å². The minimum absolute atomic E-state index is 0.162. The third kappa shape index (κ3) is 5.67. The number of carbonyl (C=O) groups is 1. The molecule has 0 fully saturated rings. The molecule has 2 rings (SSSR count). The smallest absolute Gasteiger partial charge is 0.411 e. The van der Waals surface area contributed by atoms with Crippen LogP contribution in [-0.4, -0.2) is 31.9 Å². The van der Waals surface area contributed by atoms with Crippen LogP contribution in [0.4, 0.5) is 13.2 Å². The summed E-state index contributed by atoms with van der Waals surface area (Å²) >= 11 is 0. The molecule has 0 bridgehead atoms. The highest BCUT2D eigenvalue weighted by atomic mass is 19.4. The summed E-state index contributed by atoms with van der Waals surface area (Å²) in [6, 6.07) is 6.86. The molecule has 1 atom stereocenters. The fourth-order valence-corrected chi connectivity index (χ4v) is 2.28. The van der Waals surface area contributed by atoms with E-state index in [4.69, 9.17) is 9.15 Å². The van der Waals surface area contributed by atoms with E-state index in [0.29, 0.717) is 23.7 Å². The summed E-state index contributed by atoms with van der Waals surface area (Å²) in [5.74, 6) is 0.734. The second-order valence-electron chi connectivity index (χ2n) is 5.46. The minimum atomic E-state index is -4.39. The van der Waals surface area contributed by atoms with Crippen molar-refractivity contribution in [2.75, 3.05) is 19.8 Å². The highest BCUT2D eigenvalue weighted by Crippen LogP contribution is 2.31. The van der Waals surface area contributed by atoms with Gasteiger partial charge in [-0.05, 0) is 26.0 Å². The summed E-state index contributed by atoms with van der Waals surface area (Å²) in [7, 11) is 0. The van der Waals surface area contributed by atoms with E-state index in [1.54, 1.807) is 19.1 Å². The van der Waals surface area contributed by atoms with Crippen LogP contribution in [0, 0.1) is 0 Å². The zero-order chi connectivity index (χ0) is 18.4. The lowest BCUT2D eigenvalue weighted by Crippen LogP contribution is -2.28. The first-order valence-corrected chi connectivity index (χ1v) is 7.89. The van der Waals surface area contributed by atoms with Gasteiger partial charge in [0.25, 0.3) is 0 Å². The Bertz CT molecular complexity index is 711. The van der Waals surface area contributed by atoms with Gasteiger partial charge in [-0.3, -0.25) is 4.79 Å². The Balaban J connectivity index is 1.92. The Labute approximate surface area is 143 Å². The fraction of sp³-hybridized carbons (Fsp3) is 0.471. The van der Waals surface area contributed by atoms with Crippen LogP contribution in [0.2, 0.25) is 0 Å². The Morgan fingerprint density at radius 2 is 2.12 bits per heavy atom. The number of fused-ring (bicyclic) bond motifs is 1. The van der Waals surface area contributed by atoms with Crippen molar-refractivity contribution in [3.8, 4) is 5.75 Å². The highest BCUT2D eigenvalue weighted by molar-refractivity contribution is 5.84. The van der Waals surface area contributed by atoms with E-state index in [-0.39, 0.29) is 13.0 Å². The normalized spacial score (nSPS) is 13.0. The van der Waals surface area contributed by atoms with Crippen LogP contribution in [0.25, 0.3) is 11.0 Å². The first-order chi connectivity index (χ1) is 11.8. The van der Waals surface area contributed by atoms with E-state index in [2.05, 4.69) is 10.1 Å². The van der Waals surface area contributed by atoms with Gasteiger partial charge < -0.3 is 19.2 Å². The van der Waals surface area contributed by atoms with Crippen molar-refractivity contribution < 1.29 is 31.9 Å². The number of nitrogens with one attached hydrogen (secondary N) is 1. The Morgan fingerprint density at radius 1 is 1.36 bits per heavy atom. The Hall–Kier alpha value is -2.22. The van der Waals surface area contributed by atoms with E-state index < -0.39 is 24.7 Å². The number of benzene rings is 1. The van der Waals surface area contributed by atoms with E-state index >= 15 is 0 Å². The maximum Gasteiger partial charge on any atom is 0.411 e. The van der Waals surface area contributed by atoms with Gasteiger partial charge in [0.15, 0.2) is 11.3 Å². The summed E-state index contributed by atoms with van der Waals surface area (Å²) in [4.78, 5) is 11.8. The van der Waals surface area contributed by atoms with Crippen molar-refractivity contribution in [1.82, 2.24) is 5.32 Å². The molecule has 0 saturated carbocycles. The molecule has 1 unspecified atom stereocenters. The van der Waals surface area contributed by atoms with E-state index in [1.165, 1.54) is 0 Å². The average molecular weight is 359 g/mol.